The molecular weight excluding hydrogens is 264 g/mol. The minimum absolute atomic E-state index is 0.0122. The Balaban J connectivity index is 1.68. The Labute approximate surface area is 125 Å². The third kappa shape index (κ3) is 5.36. The largest absolute Gasteiger partial charge is 0.367 e. The first-order valence-electron chi connectivity index (χ1n) is 7.01. The van der Waals surface area contributed by atoms with E-state index in [1.165, 1.54) is 0 Å². The lowest BCUT2D eigenvalue weighted by Crippen LogP contribution is -2.32. The first kappa shape index (κ1) is 15.2. The molecule has 4 heteroatoms. The van der Waals surface area contributed by atoms with Crippen molar-refractivity contribution < 1.29 is 9.53 Å². The molecule has 0 fully saturated rings. The van der Waals surface area contributed by atoms with Gasteiger partial charge in [-0.2, -0.15) is 0 Å². The third-order valence-electron chi connectivity index (χ3n) is 3.19. The van der Waals surface area contributed by atoms with Crippen LogP contribution < -0.4 is 0 Å². The molecular formula is C17H20N2O2. The van der Waals surface area contributed by atoms with Crippen LogP contribution in [-0.2, 0) is 22.6 Å². The van der Waals surface area contributed by atoms with Crippen LogP contribution in [0.3, 0.4) is 0 Å². The number of hydrogen-bond donors (Lipinski definition) is 0. The monoisotopic (exact) mass is 284 g/mol. The number of amides is 1. The van der Waals surface area contributed by atoms with Crippen molar-refractivity contribution in [3.8, 4) is 0 Å². The van der Waals surface area contributed by atoms with Crippen molar-refractivity contribution in [2.45, 2.75) is 13.0 Å². The average Bonchev–Trinajstić information content (AvgIpc) is 2.54. The van der Waals surface area contributed by atoms with Gasteiger partial charge in [-0.1, -0.05) is 36.4 Å². The number of carbonyl (C=O) groups is 1. The molecule has 110 valence electrons. The van der Waals surface area contributed by atoms with Gasteiger partial charge in [0, 0.05) is 31.9 Å². The van der Waals surface area contributed by atoms with Crippen LogP contribution in [0.5, 0.6) is 0 Å². The molecule has 1 aromatic carbocycles. The van der Waals surface area contributed by atoms with Crippen LogP contribution in [0.2, 0.25) is 0 Å². The number of pyridine rings is 1. The molecule has 4 nitrogen and oxygen atoms in total. The number of ether oxygens (including phenoxy) is 1. The smallest absolute Gasteiger partial charge is 0.248 e. The summed E-state index contributed by atoms with van der Waals surface area (Å²) in [6, 6.07) is 15.6. The van der Waals surface area contributed by atoms with E-state index in [2.05, 4.69) is 4.98 Å². The quantitative estimate of drug-likeness (QED) is 0.783. The van der Waals surface area contributed by atoms with Crippen LogP contribution >= 0.6 is 0 Å². The SMILES string of the molecule is CN(CCc1ccccn1)C(=O)COCc1ccccc1. The highest BCUT2D eigenvalue weighted by Crippen LogP contribution is 2.01. The summed E-state index contributed by atoms with van der Waals surface area (Å²) in [5, 5.41) is 0. The highest BCUT2D eigenvalue weighted by Gasteiger charge is 2.09. The number of aromatic nitrogens is 1. The zero-order valence-electron chi connectivity index (χ0n) is 12.2. The zero-order chi connectivity index (χ0) is 14.9. The molecule has 1 heterocycles. The van der Waals surface area contributed by atoms with Crippen molar-refractivity contribution in [2.75, 3.05) is 20.2 Å². The maximum atomic E-state index is 11.9. The summed E-state index contributed by atoms with van der Waals surface area (Å²) in [5.41, 5.74) is 2.06. The van der Waals surface area contributed by atoms with Crippen LogP contribution in [0.25, 0.3) is 0 Å². The van der Waals surface area contributed by atoms with Crippen LogP contribution in [-0.4, -0.2) is 36.0 Å². The van der Waals surface area contributed by atoms with Gasteiger partial charge in [0.15, 0.2) is 0 Å². The van der Waals surface area contributed by atoms with Crippen LogP contribution in [0.1, 0.15) is 11.3 Å². The van der Waals surface area contributed by atoms with Crippen molar-refractivity contribution in [1.82, 2.24) is 9.88 Å². The number of carbonyl (C=O) groups excluding carboxylic acids is 1. The number of likely N-dealkylation sites (N-methyl/N-ethyl adjacent to an activating group) is 1. The Morgan fingerprint density at radius 1 is 1.14 bits per heavy atom. The second-order valence-corrected chi connectivity index (χ2v) is 4.86. The van der Waals surface area contributed by atoms with Gasteiger partial charge in [-0.15, -0.1) is 0 Å². The van der Waals surface area contributed by atoms with Crippen molar-refractivity contribution in [3.63, 3.8) is 0 Å². The van der Waals surface area contributed by atoms with Crippen molar-refractivity contribution >= 4 is 5.91 Å². The number of benzene rings is 1. The predicted octanol–water partition coefficient (Wildman–Crippen LogP) is 2.30. The van der Waals surface area contributed by atoms with Gasteiger partial charge in [0.25, 0.3) is 0 Å². The molecule has 0 aliphatic heterocycles. The molecule has 1 aromatic heterocycles. The van der Waals surface area contributed by atoms with Gasteiger partial charge in [0.1, 0.15) is 6.61 Å². The molecule has 0 aliphatic carbocycles. The molecule has 0 saturated carbocycles. The topological polar surface area (TPSA) is 42.4 Å². The Bertz CT molecular complexity index is 543. The highest BCUT2D eigenvalue weighted by molar-refractivity contribution is 5.77. The molecule has 2 aromatic rings. The van der Waals surface area contributed by atoms with E-state index < -0.39 is 0 Å². The Hall–Kier alpha value is -2.20. The first-order valence-corrected chi connectivity index (χ1v) is 7.01. The van der Waals surface area contributed by atoms with Crippen molar-refractivity contribution in [3.05, 3.63) is 66.0 Å². The van der Waals surface area contributed by atoms with E-state index in [4.69, 9.17) is 4.74 Å². The predicted molar refractivity (Wildman–Crippen MR) is 81.7 cm³/mol. The number of hydrogen-bond acceptors (Lipinski definition) is 3. The van der Waals surface area contributed by atoms with Gasteiger partial charge in [-0.3, -0.25) is 9.78 Å². The molecule has 1 amide bonds. The lowest BCUT2D eigenvalue weighted by molar-refractivity contribution is -0.135. The van der Waals surface area contributed by atoms with E-state index in [1.807, 2.05) is 48.5 Å². The van der Waals surface area contributed by atoms with E-state index in [0.29, 0.717) is 13.2 Å². The lowest BCUT2D eigenvalue weighted by Gasteiger charge is -2.17. The minimum atomic E-state index is -0.0122. The van der Waals surface area contributed by atoms with E-state index in [0.717, 1.165) is 17.7 Å². The van der Waals surface area contributed by atoms with E-state index in [-0.39, 0.29) is 12.5 Å². The summed E-state index contributed by atoms with van der Waals surface area (Å²) in [4.78, 5) is 17.9. The van der Waals surface area contributed by atoms with Gasteiger partial charge in [0.05, 0.1) is 6.61 Å². The summed E-state index contributed by atoms with van der Waals surface area (Å²) in [6.45, 7) is 1.21. The fraction of sp³-hybridized carbons (Fsp3) is 0.294. The fourth-order valence-corrected chi connectivity index (χ4v) is 1.89. The summed E-state index contributed by atoms with van der Waals surface area (Å²) in [7, 11) is 1.79. The summed E-state index contributed by atoms with van der Waals surface area (Å²) >= 11 is 0. The van der Waals surface area contributed by atoms with Gasteiger partial charge in [-0.25, -0.2) is 0 Å². The van der Waals surface area contributed by atoms with Crippen LogP contribution in [0.4, 0.5) is 0 Å². The maximum Gasteiger partial charge on any atom is 0.248 e. The van der Waals surface area contributed by atoms with E-state index >= 15 is 0 Å². The Morgan fingerprint density at radius 2 is 1.90 bits per heavy atom. The van der Waals surface area contributed by atoms with Gasteiger partial charge >= 0.3 is 0 Å². The summed E-state index contributed by atoms with van der Waals surface area (Å²) < 4.78 is 5.45. The minimum Gasteiger partial charge on any atom is -0.367 e. The van der Waals surface area contributed by atoms with Crippen molar-refractivity contribution in [2.24, 2.45) is 0 Å². The number of nitrogens with zero attached hydrogens (tertiary/aromatic N) is 2. The van der Waals surface area contributed by atoms with E-state index in [1.54, 1.807) is 18.1 Å². The van der Waals surface area contributed by atoms with Gasteiger partial charge in [0.2, 0.25) is 5.91 Å². The fourth-order valence-electron chi connectivity index (χ4n) is 1.89. The lowest BCUT2D eigenvalue weighted by atomic mass is 10.2. The molecule has 0 radical (unpaired) electrons. The average molecular weight is 284 g/mol. The third-order valence-corrected chi connectivity index (χ3v) is 3.19. The second kappa shape index (κ2) is 8.17. The number of rotatable bonds is 7. The van der Waals surface area contributed by atoms with E-state index in [9.17, 15) is 4.79 Å². The molecule has 0 saturated heterocycles. The van der Waals surface area contributed by atoms with Gasteiger partial charge < -0.3 is 9.64 Å². The molecule has 0 spiro atoms. The molecule has 0 unspecified atom stereocenters. The summed E-state index contributed by atoms with van der Waals surface area (Å²) in [5.74, 6) is -0.0122. The molecule has 21 heavy (non-hydrogen) atoms. The van der Waals surface area contributed by atoms with Crippen LogP contribution in [0, 0.1) is 0 Å². The zero-order valence-corrected chi connectivity index (χ0v) is 12.2. The standard InChI is InChI=1S/C17H20N2O2/c1-19(12-10-16-9-5-6-11-18-16)17(20)14-21-13-15-7-3-2-4-8-15/h2-9,11H,10,12-14H2,1H3. The first-order chi connectivity index (χ1) is 10.3. The Kier molecular flexibility index (Phi) is 5.91. The molecule has 0 bridgehead atoms. The van der Waals surface area contributed by atoms with Crippen LogP contribution in [0.15, 0.2) is 54.7 Å². The second-order valence-electron chi connectivity index (χ2n) is 4.86. The van der Waals surface area contributed by atoms with Gasteiger partial charge in [-0.05, 0) is 17.7 Å². The highest BCUT2D eigenvalue weighted by atomic mass is 16.5. The molecule has 0 aliphatic rings. The maximum absolute atomic E-state index is 11.9. The summed E-state index contributed by atoms with van der Waals surface area (Å²) in [6.07, 6.45) is 2.52. The Morgan fingerprint density at radius 3 is 2.62 bits per heavy atom. The molecule has 2 rings (SSSR count). The molecule has 0 atom stereocenters. The normalized spacial score (nSPS) is 10.3. The molecule has 0 N–H and O–H groups in total. The van der Waals surface area contributed by atoms with Crippen molar-refractivity contribution in [1.29, 1.82) is 0 Å².